The van der Waals surface area contributed by atoms with Gasteiger partial charge in [0.15, 0.2) is 5.16 Å². The van der Waals surface area contributed by atoms with Gasteiger partial charge in [0, 0.05) is 36.5 Å². The summed E-state index contributed by atoms with van der Waals surface area (Å²) in [6.07, 6.45) is 1.94. The molecule has 0 aliphatic heterocycles. The number of nitrogens with zero attached hydrogens (tertiary/aromatic N) is 5. The lowest BCUT2D eigenvalue weighted by molar-refractivity contribution is 0.183. The number of thioether (sulfide) groups is 1. The Morgan fingerprint density at radius 1 is 1.06 bits per heavy atom. The first-order valence-corrected chi connectivity index (χ1v) is 12.3. The van der Waals surface area contributed by atoms with Gasteiger partial charge in [0.2, 0.25) is 11.7 Å². The predicted octanol–water partition coefficient (Wildman–Crippen LogP) is 5.04. The standard InChI is InChI=1S/C25H22ClN5O3S/c1-30-14-19(16-6-4-3-5-7-16)21-22(30)24(32)31(12-13-33-2)25(28-21)35-15-20-27-23(29-34-20)17-8-10-18(26)11-9-17/h3-11,14H,12-13,15H2,1-2H3. The number of rotatable bonds is 8. The first-order valence-electron chi connectivity index (χ1n) is 10.9. The zero-order valence-corrected chi connectivity index (χ0v) is 20.7. The van der Waals surface area contributed by atoms with Gasteiger partial charge in [-0.3, -0.25) is 9.36 Å². The van der Waals surface area contributed by atoms with Gasteiger partial charge < -0.3 is 13.8 Å². The Morgan fingerprint density at radius 2 is 1.83 bits per heavy atom. The molecule has 0 atom stereocenters. The van der Waals surface area contributed by atoms with Crippen molar-refractivity contribution in [3.63, 3.8) is 0 Å². The van der Waals surface area contributed by atoms with E-state index >= 15 is 0 Å². The van der Waals surface area contributed by atoms with Crippen LogP contribution < -0.4 is 5.56 Å². The second-order valence-electron chi connectivity index (χ2n) is 7.87. The maximum atomic E-state index is 13.5. The summed E-state index contributed by atoms with van der Waals surface area (Å²) < 4.78 is 14.2. The van der Waals surface area contributed by atoms with E-state index in [1.165, 1.54) is 11.8 Å². The molecular weight excluding hydrogens is 486 g/mol. The summed E-state index contributed by atoms with van der Waals surface area (Å²) in [5, 5.41) is 5.27. The highest BCUT2D eigenvalue weighted by Crippen LogP contribution is 2.30. The zero-order chi connectivity index (χ0) is 24.4. The number of hydrogen-bond acceptors (Lipinski definition) is 7. The van der Waals surface area contributed by atoms with Gasteiger partial charge in [-0.2, -0.15) is 4.98 Å². The van der Waals surface area contributed by atoms with Crippen LogP contribution in [0.25, 0.3) is 33.5 Å². The van der Waals surface area contributed by atoms with Gasteiger partial charge in [0.25, 0.3) is 5.56 Å². The van der Waals surface area contributed by atoms with E-state index in [-0.39, 0.29) is 5.56 Å². The van der Waals surface area contributed by atoms with Gasteiger partial charge >= 0.3 is 0 Å². The quantitative estimate of drug-likeness (QED) is 0.214. The van der Waals surface area contributed by atoms with Gasteiger partial charge in [-0.25, -0.2) is 4.98 Å². The van der Waals surface area contributed by atoms with Gasteiger partial charge in [-0.05, 0) is 29.8 Å². The number of aromatic nitrogens is 5. The Labute approximate surface area is 210 Å². The minimum atomic E-state index is -0.119. The lowest BCUT2D eigenvalue weighted by atomic mass is 10.1. The number of methoxy groups -OCH3 is 1. The molecule has 0 bridgehead atoms. The van der Waals surface area contributed by atoms with Crippen molar-refractivity contribution in [2.24, 2.45) is 7.05 Å². The largest absolute Gasteiger partial charge is 0.383 e. The molecule has 0 aliphatic carbocycles. The molecule has 0 saturated heterocycles. The third kappa shape index (κ3) is 4.75. The second-order valence-corrected chi connectivity index (χ2v) is 9.25. The maximum absolute atomic E-state index is 13.5. The molecule has 8 nitrogen and oxygen atoms in total. The summed E-state index contributed by atoms with van der Waals surface area (Å²) in [6.45, 7) is 0.768. The summed E-state index contributed by atoms with van der Waals surface area (Å²) in [7, 11) is 3.47. The molecule has 5 aromatic rings. The molecule has 0 saturated carbocycles. The highest BCUT2D eigenvalue weighted by Gasteiger charge is 2.19. The van der Waals surface area contributed by atoms with Crippen molar-refractivity contribution >= 4 is 34.4 Å². The number of halogens is 1. The summed E-state index contributed by atoms with van der Waals surface area (Å²) in [4.78, 5) is 22.9. The van der Waals surface area contributed by atoms with Gasteiger partial charge in [0.1, 0.15) is 11.0 Å². The molecule has 0 radical (unpaired) electrons. The molecule has 0 aliphatic rings. The van der Waals surface area contributed by atoms with Crippen LogP contribution in [-0.2, 0) is 24.1 Å². The lowest BCUT2D eigenvalue weighted by Gasteiger charge is -2.12. The summed E-state index contributed by atoms with van der Waals surface area (Å²) in [5.41, 5.74) is 3.80. The molecule has 178 valence electrons. The first-order chi connectivity index (χ1) is 17.0. The topological polar surface area (TPSA) is 88.0 Å². The van der Waals surface area contributed by atoms with Gasteiger partial charge in [-0.15, -0.1) is 0 Å². The fourth-order valence-electron chi connectivity index (χ4n) is 3.82. The van der Waals surface area contributed by atoms with Gasteiger partial charge in [-0.1, -0.05) is 58.9 Å². The van der Waals surface area contributed by atoms with Crippen LogP contribution in [0.4, 0.5) is 0 Å². The van der Waals surface area contributed by atoms with Crippen LogP contribution in [0.2, 0.25) is 5.02 Å². The van der Waals surface area contributed by atoms with E-state index < -0.39 is 0 Å². The number of hydrogen-bond donors (Lipinski definition) is 0. The normalized spacial score (nSPS) is 11.4. The van der Waals surface area contributed by atoms with Crippen LogP contribution in [0.3, 0.4) is 0 Å². The molecular formula is C25H22ClN5O3S. The highest BCUT2D eigenvalue weighted by atomic mass is 35.5. The summed E-state index contributed by atoms with van der Waals surface area (Å²) in [6, 6.07) is 17.1. The van der Waals surface area contributed by atoms with Crippen molar-refractivity contribution in [3.8, 4) is 22.5 Å². The predicted molar refractivity (Wildman–Crippen MR) is 137 cm³/mol. The Morgan fingerprint density at radius 3 is 2.57 bits per heavy atom. The van der Waals surface area contributed by atoms with Crippen LogP contribution in [0, 0.1) is 0 Å². The summed E-state index contributed by atoms with van der Waals surface area (Å²) in [5.74, 6) is 1.27. The van der Waals surface area contributed by atoms with Crippen molar-refractivity contribution in [1.29, 1.82) is 0 Å². The van der Waals surface area contributed by atoms with E-state index in [2.05, 4.69) is 10.1 Å². The fourth-order valence-corrected chi connectivity index (χ4v) is 4.81. The molecule has 5 rings (SSSR count). The van der Waals surface area contributed by atoms with E-state index in [4.69, 9.17) is 25.8 Å². The van der Waals surface area contributed by atoms with Crippen molar-refractivity contribution in [3.05, 3.63) is 82.1 Å². The van der Waals surface area contributed by atoms with Crippen molar-refractivity contribution in [1.82, 2.24) is 24.3 Å². The molecule has 0 unspecified atom stereocenters. The molecule has 3 aromatic heterocycles. The van der Waals surface area contributed by atoms with Crippen LogP contribution in [-0.4, -0.2) is 38.0 Å². The van der Waals surface area contributed by atoms with Crippen molar-refractivity contribution in [2.75, 3.05) is 13.7 Å². The van der Waals surface area contributed by atoms with E-state index in [0.29, 0.717) is 51.8 Å². The first kappa shape index (κ1) is 23.3. The SMILES string of the molecule is COCCn1c(SCc2nc(-c3ccc(Cl)cc3)no2)nc2c(-c3ccccc3)cn(C)c2c1=O. The van der Waals surface area contributed by atoms with Crippen molar-refractivity contribution < 1.29 is 9.26 Å². The monoisotopic (exact) mass is 507 g/mol. The van der Waals surface area contributed by atoms with E-state index in [1.807, 2.05) is 60.3 Å². The molecule has 10 heteroatoms. The van der Waals surface area contributed by atoms with Crippen LogP contribution in [0.1, 0.15) is 5.89 Å². The van der Waals surface area contributed by atoms with Crippen LogP contribution in [0.5, 0.6) is 0 Å². The molecule has 35 heavy (non-hydrogen) atoms. The number of fused-ring (bicyclic) bond motifs is 1. The van der Waals surface area contributed by atoms with Crippen LogP contribution >= 0.6 is 23.4 Å². The minimum Gasteiger partial charge on any atom is -0.383 e. The Bertz CT molecular complexity index is 1530. The average molecular weight is 508 g/mol. The molecule has 3 heterocycles. The van der Waals surface area contributed by atoms with Crippen LogP contribution in [0.15, 0.2) is 75.3 Å². The van der Waals surface area contributed by atoms with E-state index in [1.54, 1.807) is 23.8 Å². The zero-order valence-electron chi connectivity index (χ0n) is 19.1. The third-order valence-electron chi connectivity index (χ3n) is 5.54. The molecule has 2 aromatic carbocycles. The van der Waals surface area contributed by atoms with E-state index in [9.17, 15) is 4.79 Å². The fraction of sp³-hybridized carbons (Fsp3) is 0.200. The number of aryl methyl sites for hydroxylation is 1. The molecule has 0 fully saturated rings. The smallest absolute Gasteiger partial charge is 0.278 e. The molecule has 0 spiro atoms. The molecule has 0 amide bonds. The maximum Gasteiger partial charge on any atom is 0.278 e. The molecule has 0 N–H and O–H groups in total. The number of ether oxygens (including phenoxy) is 1. The average Bonchev–Trinajstić information content (AvgIpc) is 3.48. The van der Waals surface area contributed by atoms with E-state index in [0.717, 1.165) is 16.7 Å². The Balaban J connectivity index is 1.51. The Hall–Kier alpha value is -3.40. The minimum absolute atomic E-state index is 0.119. The number of benzene rings is 2. The summed E-state index contributed by atoms with van der Waals surface area (Å²) >= 11 is 7.34. The Kier molecular flexibility index (Phi) is 6.72. The second kappa shape index (κ2) is 10.1. The van der Waals surface area contributed by atoms with Crippen molar-refractivity contribution in [2.45, 2.75) is 17.5 Å². The van der Waals surface area contributed by atoms with Gasteiger partial charge in [0.05, 0.1) is 18.9 Å². The lowest BCUT2D eigenvalue weighted by Crippen LogP contribution is -2.26. The highest BCUT2D eigenvalue weighted by molar-refractivity contribution is 7.98. The third-order valence-corrected chi connectivity index (χ3v) is 6.75.